The van der Waals surface area contributed by atoms with Crippen molar-refractivity contribution in [2.24, 2.45) is 0 Å². The molecule has 1 fully saturated rings. The standard InChI is InChI=1S/C16H29NO3Si/c1-12(2)21(13(3)4,14(5)6)20-10-8-7-9-15-11-19-16(18)17-15/h8-9,12-15H,10-11H2,1-6H3,(H,17,18). The second-order valence-electron chi connectivity index (χ2n) is 6.52. The average molecular weight is 311 g/mol. The predicted octanol–water partition coefficient (Wildman–Crippen LogP) is 4.00. The van der Waals surface area contributed by atoms with Crippen LogP contribution in [0.15, 0.2) is 17.9 Å². The smallest absolute Gasteiger partial charge is 0.407 e. The summed E-state index contributed by atoms with van der Waals surface area (Å²) in [7, 11) is -1.80. The molecule has 0 aromatic rings. The van der Waals surface area contributed by atoms with E-state index in [1.165, 1.54) is 0 Å². The molecule has 1 saturated heterocycles. The maximum atomic E-state index is 10.9. The van der Waals surface area contributed by atoms with Crippen LogP contribution in [0.4, 0.5) is 4.79 Å². The van der Waals surface area contributed by atoms with Crippen LogP contribution in [-0.4, -0.2) is 33.7 Å². The molecule has 4 nitrogen and oxygen atoms in total. The molecule has 21 heavy (non-hydrogen) atoms. The molecular formula is C16H29NO3Si. The molecule has 1 unspecified atom stereocenters. The molecular weight excluding hydrogens is 282 g/mol. The Bertz CT molecular complexity index is 390. The van der Waals surface area contributed by atoms with Crippen LogP contribution >= 0.6 is 0 Å². The summed E-state index contributed by atoms with van der Waals surface area (Å²) in [6.07, 6.45) is 3.36. The van der Waals surface area contributed by atoms with Crippen LogP contribution in [-0.2, 0) is 9.16 Å². The molecule has 1 atom stereocenters. The van der Waals surface area contributed by atoms with E-state index in [1.807, 2.05) is 12.2 Å². The first kappa shape index (κ1) is 18.0. The van der Waals surface area contributed by atoms with Crippen molar-refractivity contribution in [3.63, 3.8) is 0 Å². The van der Waals surface area contributed by atoms with Gasteiger partial charge in [0.1, 0.15) is 6.61 Å². The fourth-order valence-electron chi connectivity index (χ4n) is 3.41. The molecule has 0 spiro atoms. The number of rotatable bonds is 7. The number of ether oxygens (including phenoxy) is 1. The summed E-state index contributed by atoms with van der Waals surface area (Å²) in [5, 5.41) is 2.68. The van der Waals surface area contributed by atoms with Crippen LogP contribution in [0.2, 0.25) is 16.6 Å². The lowest BCUT2D eigenvalue weighted by molar-refractivity contribution is 0.177. The third-order valence-corrected chi connectivity index (χ3v) is 10.3. The molecule has 1 rings (SSSR count). The Hall–Kier alpha value is -1.03. The summed E-state index contributed by atoms with van der Waals surface area (Å²) >= 11 is 0. The lowest BCUT2D eigenvalue weighted by atomic mass is 10.3. The van der Waals surface area contributed by atoms with Gasteiger partial charge >= 0.3 is 6.09 Å². The summed E-state index contributed by atoms with van der Waals surface area (Å²) in [4.78, 5) is 10.9. The Morgan fingerprint density at radius 2 is 1.86 bits per heavy atom. The topological polar surface area (TPSA) is 47.6 Å². The molecule has 120 valence electrons. The van der Waals surface area contributed by atoms with Gasteiger partial charge in [-0.1, -0.05) is 41.5 Å². The zero-order chi connectivity index (χ0) is 16.0. The summed E-state index contributed by atoms with van der Waals surface area (Å²) in [5.74, 6) is 0. The number of hydrogen-bond donors (Lipinski definition) is 1. The molecule has 1 heterocycles. The molecule has 0 aromatic heterocycles. The van der Waals surface area contributed by atoms with Crippen LogP contribution < -0.4 is 5.32 Å². The van der Waals surface area contributed by atoms with Crippen molar-refractivity contribution in [2.45, 2.75) is 64.2 Å². The second-order valence-corrected chi connectivity index (χ2v) is 12.0. The minimum atomic E-state index is -1.80. The number of amides is 1. The van der Waals surface area contributed by atoms with E-state index in [2.05, 4.69) is 52.6 Å². The van der Waals surface area contributed by atoms with Crippen LogP contribution in [0.5, 0.6) is 0 Å². The molecule has 5 heteroatoms. The fourth-order valence-corrected chi connectivity index (χ4v) is 8.78. The van der Waals surface area contributed by atoms with E-state index in [9.17, 15) is 4.79 Å². The molecule has 0 saturated carbocycles. The fraction of sp³-hybridized carbons (Fsp3) is 0.750. The first-order valence-electron chi connectivity index (χ1n) is 7.79. The highest BCUT2D eigenvalue weighted by atomic mass is 28.4. The summed E-state index contributed by atoms with van der Waals surface area (Å²) in [6, 6.07) is -0.0731. The molecule has 0 bridgehead atoms. The van der Waals surface area contributed by atoms with Crippen molar-refractivity contribution in [2.75, 3.05) is 13.2 Å². The Morgan fingerprint density at radius 3 is 2.29 bits per heavy atom. The highest BCUT2D eigenvalue weighted by molar-refractivity contribution is 6.77. The zero-order valence-electron chi connectivity index (χ0n) is 14.1. The van der Waals surface area contributed by atoms with Crippen molar-refractivity contribution in [3.05, 3.63) is 17.9 Å². The van der Waals surface area contributed by atoms with Gasteiger partial charge in [0.15, 0.2) is 0 Å². The number of nitrogens with one attached hydrogen (secondary N) is 1. The Morgan fingerprint density at radius 1 is 1.29 bits per heavy atom. The summed E-state index contributed by atoms with van der Waals surface area (Å²) in [5.41, 5.74) is 4.83. The summed E-state index contributed by atoms with van der Waals surface area (Å²) < 4.78 is 11.2. The van der Waals surface area contributed by atoms with Crippen molar-refractivity contribution in [3.8, 4) is 0 Å². The second kappa shape index (κ2) is 7.83. The van der Waals surface area contributed by atoms with Crippen LogP contribution in [0.1, 0.15) is 41.5 Å². The molecule has 1 amide bonds. The number of carbonyl (C=O) groups excluding carboxylic acids is 1. The minimum absolute atomic E-state index is 0.0731. The maximum Gasteiger partial charge on any atom is 0.407 e. The van der Waals surface area contributed by atoms with Gasteiger partial charge < -0.3 is 14.5 Å². The van der Waals surface area contributed by atoms with Crippen molar-refractivity contribution in [1.29, 1.82) is 0 Å². The lowest BCUT2D eigenvalue weighted by Crippen LogP contribution is -2.47. The minimum Gasteiger partial charge on any atom is -0.447 e. The first-order chi connectivity index (χ1) is 9.80. The number of hydrogen-bond acceptors (Lipinski definition) is 3. The molecule has 1 aliphatic rings. The Balaban J connectivity index is 2.61. The van der Waals surface area contributed by atoms with Gasteiger partial charge in [0, 0.05) is 0 Å². The summed E-state index contributed by atoms with van der Waals surface area (Å²) in [6.45, 7) is 14.6. The van der Waals surface area contributed by atoms with Gasteiger partial charge in [0.2, 0.25) is 8.32 Å². The van der Waals surface area contributed by atoms with E-state index >= 15 is 0 Å². The van der Waals surface area contributed by atoms with Gasteiger partial charge in [0.25, 0.3) is 0 Å². The van der Waals surface area contributed by atoms with Gasteiger partial charge in [-0.25, -0.2) is 4.79 Å². The Labute approximate surface area is 129 Å². The van der Waals surface area contributed by atoms with Gasteiger partial charge in [-0.3, -0.25) is 0 Å². The van der Waals surface area contributed by atoms with Gasteiger partial charge in [0.05, 0.1) is 12.6 Å². The van der Waals surface area contributed by atoms with E-state index in [-0.39, 0.29) is 12.1 Å². The van der Waals surface area contributed by atoms with E-state index in [0.717, 1.165) is 0 Å². The van der Waals surface area contributed by atoms with Gasteiger partial charge in [-0.05, 0) is 28.8 Å². The van der Waals surface area contributed by atoms with Gasteiger partial charge in [-0.15, -0.1) is 5.73 Å². The normalized spacial score (nSPS) is 18.7. The number of cyclic esters (lactones) is 1. The molecule has 1 N–H and O–H groups in total. The van der Waals surface area contributed by atoms with E-state index in [1.54, 1.807) is 0 Å². The molecule has 1 aliphatic heterocycles. The number of carbonyl (C=O) groups is 1. The van der Waals surface area contributed by atoms with E-state index < -0.39 is 8.32 Å². The molecule has 0 aromatic carbocycles. The highest BCUT2D eigenvalue weighted by Crippen LogP contribution is 2.42. The van der Waals surface area contributed by atoms with Crippen molar-refractivity contribution < 1.29 is 14.0 Å². The molecule has 0 radical (unpaired) electrons. The predicted molar refractivity (Wildman–Crippen MR) is 87.9 cm³/mol. The van der Waals surface area contributed by atoms with Gasteiger partial charge in [-0.2, -0.15) is 0 Å². The Kier molecular flexibility index (Phi) is 6.72. The lowest BCUT2D eigenvalue weighted by Gasteiger charge is -2.41. The van der Waals surface area contributed by atoms with Crippen molar-refractivity contribution >= 4 is 14.4 Å². The SMILES string of the molecule is CC(C)[Si](OCC=C=CC1COC(=O)N1)(C(C)C)C(C)C. The maximum absolute atomic E-state index is 10.9. The van der Waals surface area contributed by atoms with E-state index in [0.29, 0.717) is 29.8 Å². The van der Waals surface area contributed by atoms with E-state index in [4.69, 9.17) is 9.16 Å². The van der Waals surface area contributed by atoms with Crippen LogP contribution in [0.3, 0.4) is 0 Å². The van der Waals surface area contributed by atoms with Crippen LogP contribution in [0.25, 0.3) is 0 Å². The monoisotopic (exact) mass is 311 g/mol. The highest BCUT2D eigenvalue weighted by Gasteiger charge is 2.44. The van der Waals surface area contributed by atoms with Crippen LogP contribution in [0, 0.1) is 0 Å². The number of alkyl carbamates (subject to hydrolysis) is 1. The zero-order valence-corrected chi connectivity index (χ0v) is 15.1. The molecule has 0 aliphatic carbocycles. The largest absolute Gasteiger partial charge is 0.447 e. The average Bonchev–Trinajstić information content (AvgIpc) is 2.78. The quantitative estimate of drug-likeness (QED) is 0.571. The van der Waals surface area contributed by atoms with Crippen molar-refractivity contribution in [1.82, 2.24) is 5.32 Å². The third kappa shape index (κ3) is 4.47. The first-order valence-corrected chi connectivity index (χ1v) is 9.93. The third-order valence-electron chi connectivity index (χ3n) is 4.24.